The summed E-state index contributed by atoms with van der Waals surface area (Å²) in [7, 11) is 0. The Morgan fingerprint density at radius 3 is 3.00 bits per heavy atom. The van der Waals surface area contributed by atoms with E-state index in [1.165, 1.54) is 11.1 Å². The second-order valence-electron chi connectivity index (χ2n) is 5.08. The molecular formula is C15H21NO2. The lowest BCUT2D eigenvalue weighted by atomic mass is 10.00. The van der Waals surface area contributed by atoms with E-state index in [2.05, 4.69) is 30.4 Å². The van der Waals surface area contributed by atoms with E-state index in [1.54, 1.807) is 0 Å². The third-order valence-corrected chi connectivity index (χ3v) is 3.50. The van der Waals surface area contributed by atoms with E-state index in [9.17, 15) is 4.79 Å². The number of benzene rings is 1. The molecule has 3 nitrogen and oxygen atoms in total. The highest BCUT2D eigenvalue weighted by molar-refractivity contribution is 5.72. The molecule has 0 spiro atoms. The van der Waals surface area contributed by atoms with Crippen molar-refractivity contribution >= 4 is 5.97 Å². The summed E-state index contributed by atoms with van der Waals surface area (Å²) in [6.45, 7) is 6.26. The van der Waals surface area contributed by atoms with E-state index in [1.807, 2.05) is 6.92 Å². The minimum absolute atomic E-state index is 0.0314. The highest BCUT2D eigenvalue weighted by Gasteiger charge is 2.22. The predicted octanol–water partition coefficient (Wildman–Crippen LogP) is 2.35. The number of ether oxygens (including phenoxy) is 1. The molecule has 1 aromatic carbocycles. The van der Waals surface area contributed by atoms with Crippen LogP contribution >= 0.6 is 0 Å². The van der Waals surface area contributed by atoms with E-state index < -0.39 is 0 Å². The minimum atomic E-state index is -0.0666. The highest BCUT2D eigenvalue weighted by Crippen LogP contribution is 2.15. The van der Waals surface area contributed by atoms with Gasteiger partial charge in [-0.25, -0.2) is 0 Å². The van der Waals surface area contributed by atoms with Crippen LogP contribution in [0.25, 0.3) is 0 Å². The Morgan fingerprint density at radius 2 is 2.28 bits per heavy atom. The molecule has 1 aliphatic rings. The Hall–Kier alpha value is -1.35. The summed E-state index contributed by atoms with van der Waals surface area (Å²) in [6, 6.07) is 6.23. The van der Waals surface area contributed by atoms with Crippen molar-refractivity contribution in [3.63, 3.8) is 0 Å². The molecule has 1 fully saturated rings. The van der Waals surface area contributed by atoms with E-state index in [0.717, 1.165) is 31.5 Å². The van der Waals surface area contributed by atoms with Gasteiger partial charge in [-0.05, 0) is 44.4 Å². The summed E-state index contributed by atoms with van der Waals surface area (Å²) in [5, 5.41) is 3.23. The monoisotopic (exact) mass is 247 g/mol. The number of nitrogens with one attached hydrogen (secondary N) is 1. The number of hydrogen-bond acceptors (Lipinski definition) is 3. The molecule has 1 unspecified atom stereocenters. The van der Waals surface area contributed by atoms with Gasteiger partial charge in [0.05, 0.1) is 5.92 Å². The first kappa shape index (κ1) is 13.1. The van der Waals surface area contributed by atoms with Crippen molar-refractivity contribution < 1.29 is 9.53 Å². The second kappa shape index (κ2) is 6.01. The summed E-state index contributed by atoms with van der Waals surface area (Å²) in [6.07, 6.45) is 2.00. The van der Waals surface area contributed by atoms with Gasteiger partial charge < -0.3 is 10.1 Å². The van der Waals surface area contributed by atoms with Crippen molar-refractivity contribution in [3.8, 4) is 0 Å². The number of esters is 1. The van der Waals surface area contributed by atoms with Crippen LogP contribution in [0.1, 0.15) is 29.5 Å². The topological polar surface area (TPSA) is 38.3 Å². The van der Waals surface area contributed by atoms with Crippen LogP contribution in [0.15, 0.2) is 18.2 Å². The quantitative estimate of drug-likeness (QED) is 0.833. The molecule has 0 aliphatic carbocycles. The first-order chi connectivity index (χ1) is 8.66. The third kappa shape index (κ3) is 3.33. The summed E-state index contributed by atoms with van der Waals surface area (Å²) in [5.74, 6) is -0.0352. The average Bonchev–Trinajstić information content (AvgIpc) is 2.40. The first-order valence-corrected chi connectivity index (χ1v) is 6.60. The molecule has 0 bridgehead atoms. The fraction of sp³-hybridized carbons (Fsp3) is 0.533. The minimum Gasteiger partial charge on any atom is -0.461 e. The van der Waals surface area contributed by atoms with Crippen molar-refractivity contribution in [2.75, 3.05) is 13.1 Å². The van der Waals surface area contributed by atoms with Gasteiger partial charge in [-0.3, -0.25) is 4.79 Å². The maximum absolute atomic E-state index is 11.9. The lowest BCUT2D eigenvalue weighted by molar-refractivity contribution is -0.150. The average molecular weight is 247 g/mol. The van der Waals surface area contributed by atoms with Gasteiger partial charge in [0.2, 0.25) is 0 Å². The SMILES string of the molecule is Cc1ccc(C)c(COC(=O)C2CCCNC2)c1. The Kier molecular flexibility index (Phi) is 4.37. The van der Waals surface area contributed by atoms with Crippen LogP contribution in [0.2, 0.25) is 0 Å². The number of aryl methyl sites for hydroxylation is 2. The molecule has 3 heteroatoms. The zero-order valence-corrected chi connectivity index (χ0v) is 11.2. The van der Waals surface area contributed by atoms with E-state index >= 15 is 0 Å². The number of rotatable bonds is 3. The molecular weight excluding hydrogens is 226 g/mol. The fourth-order valence-corrected chi connectivity index (χ4v) is 2.28. The molecule has 0 amide bonds. The van der Waals surface area contributed by atoms with Crippen LogP contribution in [0.5, 0.6) is 0 Å². The zero-order chi connectivity index (χ0) is 13.0. The molecule has 1 saturated heterocycles. The molecule has 98 valence electrons. The molecule has 18 heavy (non-hydrogen) atoms. The van der Waals surface area contributed by atoms with Gasteiger partial charge in [0, 0.05) is 6.54 Å². The molecule has 0 aromatic heterocycles. The molecule has 1 atom stereocenters. The highest BCUT2D eigenvalue weighted by atomic mass is 16.5. The Balaban J connectivity index is 1.90. The molecule has 1 N–H and O–H groups in total. The normalized spacial score (nSPS) is 19.6. The van der Waals surface area contributed by atoms with Crippen molar-refractivity contribution in [1.82, 2.24) is 5.32 Å². The van der Waals surface area contributed by atoms with Crippen molar-refractivity contribution in [3.05, 3.63) is 34.9 Å². The van der Waals surface area contributed by atoms with E-state index in [-0.39, 0.29) is 11.9 Å². The smallest absolute Gasteiger partial charge is 0.310 e. The zero-order valence-electron chi connectivity index (χ0n) is 11.2. The van der Waals surface area contributed by atoms with E-state index in [4.69, 9.17) is 4.74 Å². The van der Waals surface area contributed by atoms with Gasteiger partial charge >= 0.3 is 5.97 Å². The number of piperidine rings is 1. The van der Waals surface area contributed by atoms with Crippen LogP contribution in [0.3, 0.4) is 0 Å². The van der Waals surface area contributed by atoms with Gasteiger partial charge in [0.1, 0.15) is 6.61 Å². The molecule has 2 rings (SSSR count). The van der Waals surface area contributed by atoms with Gasteiger partial charge in [-0.2, -0.15) is 0 Å². The largest absolute Gasteiger partial charge is 0.461 e. The molecule has 0 radical (unpaired) electrons. The Bertz CT molecular complexity index is 423. The summed E-state index contributed by atoms with van der Waals surface area (Å²) in [4.78, 5) is 11.9. The summed E-state index contributed by atoms with van der Waals surface area (Å²) >= 11 is 0. The van der Waals surface area contributed by atoms with Gasteiger partial charge in [-0.1, -0.05) is 23.8 Å². The number of carbonyl (C=O) groups excluding carboxylic acids is 1. The van der Waals surface area contributed by atoms with Crippen molar-refractivity contribution in [1.29, 1.82) is 0 Å². The van der Waals surface area contributed by atoms with Gasteiger partial charge in [-0.15, -0.1) is 0 Å². The molecule has 0 saturated carbocycles. The first-order valence-electron chi connectivity index (χ1n) is 6.60. The fourth-order valence-electron chi connectivity index (χ4n) is 2.28. The Morgan fingerprint density at radius 1 is 1.44 bits per heavy atom. The maximum Gasteiger partial charge on any atom is 0.310 e. The van der Waals surface area contributed by atoms with Crippen LogP contribution in [-0.4, -0.2) is 19.1 Å². The standard InChI is InChI=1S/C15H21NO2/c1-11-5-6-12(2)14(8-11)10-18-15(17)13-4-3-7-16-9-13/h5-6,8,13,16H,3-4,7,9-10H2,1-2H3. The molecule has 1 aromatic rings. The Labute approximate surface area is 109 Å². The van der Waals surface area contributed by atoms with E-state index in [0.29, 0.717) is 6.61 Å². The lowest BCUT2D eigenvalue weighted by Crippen LogP contribution is -2.35. The molecule has 1 aliphatic heterocycles. The lowest BCUT2D eigenvalue weighted by Gasteiger charge is -2.21. The number of carbonyl (C=O) groups is 1. The van der Waals surface area contributed by atoms with Crippen LogP contribution in [-0.2, 0) is 16.1 Å². The summed E-state index contributed by atoms with van der Waals surface area (Å²) in [5.41, 5.74) is 3.48. The van der Waals surface area contributed by atoms with Gasteiger partial charge in [0.25, 0.3) is 0 Å². The summed E-state index contributed by atoms with van der Waals surface area (Å²) < 4.78 is 5.42. The number of hydrogen-bond donors (Lipinski definition) is 1. The van der Waals surface area contributed by atoms with Gasteiger partial charge in [0.15, 0.2) is 0 Å². The van der Waals surface area contributed by atoms with Crippen LogP contribution in [0, 0.1) is 19.8 Å². The molecule has 1 heterocycles. The van der Waals surface area contributed by atoms with Crippen LogP contribution < -0.4 is 5.32 Å². The maximum atomic E-state index is 11.9. The van der Waals surface area contributed by atoms with Crippen molar-refractivity contribution in [2.45, 2.75) is 33.3 Å². The predicted molar refractivity (Wildman–Crippen MR) is 71.3 cm³/mol. The van der Waals surface area contributed by atoms with Crippen molar-refractivity contribution in [2.24, 2.45) is 5.92 Å². The third-order valence-electron chi connectivity index (χ3n) is 3.50. The van der Waals surface area contributed by atoms with Crippen LogP contribution in [0.4, 0.5) is 0 Å². The second-order valence-corrected chi connectivity index (χ2v) is 5.08.